The van der Waals surface area contributed by atoms with Crippen molar-refractivity contribution in [3.63, 3.8) is 0 Å². The van der Waals surface area contributed by atoms with Crippen molar-refractivity contribution >= 4 is 62.9 Å². The Morgan fingerprint density at radius 2 is 1.77 bits per heavy atom. The third-order valence-electron chi connectivity index (χ3n) is 9.20. The van der Waals surface area contributed by atoms with Gasteiger partial charge in [-0.25, -0.2) is 4.39 Å². The van der Waals surface area contributed by atoms with Crippen LogP contribution in [-0.4, -0.2) is 92.8 Å². The van der Waals surface area contributed by atoms with E-state index < -0.39 is 62.5 Å². The normalized spacial score (nSPS) is 22.9. The second-order valence-corrected chi connectivity index (χ2v) is 14.8. The molecular formula is C33H36ClFN6O5S. The molecule has 3 aliphatic heterocycles. The lowest BCUT2D eigenvalue weighted by Crippen LogP contribution is -2.70. The summed E-state index contributed by atoms with van der Waals surface area (Å²) >= 11 is 7.18. The number of anilines is 1. The number of benzene rings is 2. The first-order chi connectivity index (χ1) is 22.3. The van der Waals surface area contributed by atoms with Gasteiger partial charge in [0.15, 0.2) is 0 Å². The summed E-state index contributed by atoms with van der Waals surface area (Å²) < 4.78 is 16.5. The fraction of sp³-hybridized carbons (Fsp3) is 0.424. The van der Waals surface area contributed by atoms with E-state index in [0.29, 0.717) is 36.4 Å². The number of carbonyl (C=O) groups is 4. The quantitative estimate of drug-likeness (QED) is 0.275. The summed E-state index contributed by atoms with van der Waals surface area (Å²) in [6, 6.07) is 8.25. The van der Waals surface area contributed by atoms with E-state index in [2.05, 4.69) is 15.5 Å². The minimum absolute atomic E-state index is 0.0556. The van der Waals surface area contributed by atoms with E-state index >= 15 is 4.39 Å². The highest BCUT2D eigenvalue weighted by Crippen LogP contribution is 2.51. The standard InChI is InChI=1S/C33H36ClFN6O5S/c1-5-39-17-20(26(42)19-15-21(35)23(16-22(19)39)40-13-11-38(4)12-14-40)29(44)36-24(18-9-7-6-8-10-18)30(45)37-25-31(46)41-27(28(34)43)33(2,3)47-32(25)41/h6-10,15-17,24-25,27,32H,5,11-14H2,1-4H3,(H,36,44)(H,37,45). The Kier molecular flexibility index (Phi) is 8.83. The van der Waals surface area contributed by atoms with Gasteiger partial charge in [0.2, 0.25) is 22.5 Å². The molecule has 0 saturated carbocycles. The third kappa shape index (κ3) is 5.89. The highest BCUT2D eigenvalue weighted by Gasteiger charge is 2.63. The number of aryl methyl sites for hydroxylation is 1. The molecule has 6 rings (SSSR count). The van der Waals surface area contributed by atoms with Crippen LogP contribution in [0.3, 0.4) is 0 Å². The summed E-state index contributed by atoms with van der Waals surface area (Å²) in [6.07, 6.45) is 1.43. The number of aromatic nitrogens is 1. The molecule has 3 aliphatic rings. The molecule has 4 heterocycles. The van der Waals surface area contributed by atoms with Crippen molar-refractivity contribution in [2.45, 2.75) is 55.6 Å². The second kappa shape index (κ2) is 12.6. The first-order valence-electron chi connectivity index (χ1n) is 15.5. The number of nitrogens with zero attached hydrogens (tertiary/aromatic N) is 4. The summed E-state index contributed by atoms with van der Waals surface area (Å²) in [5.74, 6) is -2.48. The number of halogens is 2. The summed E-state index contributed by atoms with van der Waals surface area (Å²) in [6.45, 7) is 8.73. The summed E-state index contributed by atoms with van der Waals surface area (Å²) in [7, 11) is 2.01. The lowest BCUT2D eigenvalue weighted by Gasteiger charge is -2.44. The van der Waals surface area contributed by atoms with Crippen LogP contribution in [0.5, 0.6) is 0 Å². The van der Waals surface area contributed by atoms with E-state index in [1.54, 1.807) is 41.0 Å². The number of hydrogen-bond acceptors (Lipinski definition) is 8. The van der Waals surface area contributed by atoms with Crippen LogP contribution in [-0.2, 0) is 20.9 Å². The molecule has 3 saturated heterocycles. The van der Waals surface area contributed by atoms with Crippen LogP contribution < -0.4 is 21.0 Å². The number of nitrogens with one attached hydrogen (secondary N) is 2. The fourth-order valence-corrected chi connectivity index (χ4v) is 8.69. The summed E-state index contributed by atoms with van der Waals surface area (Å²) in [4.78, 5) is 72.0. The number of rotatable bonds is 8. The zero-order valence-corrected chi connectivity index (χ0v) is 28.0. The maximum Gasteiger partial charge on any atom is 0.257 e. The van der Waals surface area contributed by atoms with Crippen LogP contribution in [0.4, 0.5) is 10.1 Å². The molecule has 47 heavy (non-hydrogen) atoms. The van der Waals surface area contributed by atoms with Crippen LogP contribution >= 0.6 is 23.4 Å². The Hall–Kier alpha value is -3.94. The lowest BCUT2D eigenvalue weighted by atomic mass is 9.96. The molecule has 3 amide bonds. The molecule has 4 atom stereocenters. The average molecular weight is 683 g/mol. The zero-order valence-electron chi connectivity index (χ0n) is 26.5. The van der Waals surface area contributed by atoms with Crippen molar-refractivity contribution in [1.82, 2.24) is 25.0 Å². The van der Waals surface area contributed by atoms with Gasteiger partial charge in [-0.3, -0.25) is 24.0 Å². The maximum absolute atomic E-state index is 15.5. The van der Waals surface area contributed by atoms with Crippen LogP contribution in [0.2, 0.25) is 0 Å². The summed E-state index contributed by atoms with van der Waals surface area (Å²) in [5.41, 5.74) is 0.418. The smallest absolute Gasteiger partial charge is 0.257 e. The number of pyridine rings is 1. The molecule has 14 heteroatoms. The fourth-order valence-electron chi connectivity index (χ4n) is 6.62. The number of piperazine rings is 1. The number of thioether (sulfide) groups is 1. The SMILES string of the molecule is CCn1cc(C(=O)NC(C(=O)NC2C(=O)N3C2SC(C)(C)C3C(=O)Cl)c2ccccc2)c(=O)c2cc(F)c(N3CCN(C)CC3)cc21. The summed E-state index contributed by atoms with van der Waals surface area (Å²) in [5, 5.41) is 4.32. The number of β-lactam (4-membered cyclic amide) rings is 1. The molecule has 248 valence electrons. The first kappa shape index (κ1) is 33.0. The molecule has 0 spiro atoms. The van der Waals surface area contributed by atoms with Crippen molar-refractivity contribution in [3.05, 3.63) is 75.8 Å². The highest BCUT2D eigenvalue weighted by molar-refractivity contribution is 8.01. The monoisotopic (exact) mass is 682 g/mol. The van der Waals surface area contributed by atoms with Crippen LogP contribution in [0.1, 0.15) is 42.7 Å². The Morgan fingerprint density at radius 1 is 1.09 bits per heavy atom. The Balaban J connectivity index is 1.28. The average Bonchev–Trinajstić information content (AvgIpc) is 3.31. The number of carbonyl (C=O) groups excluding carboxylic acids is 4. The molecule has 4 unspecified atom stereocenters. The Morgan fingerprint density at radius 3 is 2.40 bits per heavy atom. The number of hydrogen-bond donors (Lipinski definition) is 2. The predicted octanol–water partition coefficient (Wildman–Crippen LogP) is 2.70. The van der Waals surface area contributed by atoms with Crippen LogP contribution in [0, 0.1) is 5.82 Å². The largest absolute Gasteiger partial charge is 0.367 e. The molecule has 11 nitrogen and oxygen atoms in total. The van der Waals surface area contributed by atoms with Gasteiger partial charge in [0, 0.05) is 49.1 Å². The van der Waals surface area contributed by atoms with Gasteiger partial charge in [0.25, 0.3) is 5.91 Å². The molecular weight excluding hydrogens is 647 g/mol. The van der Waals surface area contributed by atoms with Crippen molar-refractivity contribution in [3.8, 4) is 0 Å². The van der Waals surface area contributed by atoms with Crippen LogP contribution in [0.25, 0.3) is 10.9 Å². The van der Waals surface area contributed by atoms with Crippen molar-refractivity contribution < 1.29 is 23.6 Å². The van der Waals surface area contributed by atoms with E-state index in [4.69, 9.17) is 11.6 Å². The van der Waals surface area contributed by atoms with Crippen molar-refractivity contribution in [2.75, 3.05) is 38.1 Å². The molecule has 2 N–H and O–H groups in total. The van der Waals surface area contributed by atoms with Crippen molar-refractivity contribution in [2.24, 2.45) is 0 Å². The topological polar surface area (TPSA) is 124 Å². The molecule has 0 bridgehead atoms. The molecule has 3 fully saturated rings. The minimum atomic E-state index is -1.27. The zero-order chi connectivity index (χ0) is 33.8. The van der Waals surface area contributed by atoms with Gasteiger partial charge in [-0.1, -0.05) is 30.3 Å². The third-order valence-corrected chi connectivity index (χ3v) is 11.0. The second-order valence-electron chi connectivity index (χ2n) is 12.6. The number of amides is 3. The van der Waals surface area contributed by atoms with E-state index in [1.807, 2.05) is 32.7 Å². The lowest BCUT2D eigenvalue weighted by molar-refractivity contribution is -0.153. The molecule has 0 radical (unpaired) electrons. The van der Waals surface area contributed by atoms with Gasteiger partial charge in [0.05, 0.1) is 11.2 Å². The van der Waals surface area contributed by atoms with Crippen LogP contribution in [0.15, 0.2) is 53.5 Å². The highest BCUT2D eigenvalue weighted by atomic mass is 35.5. The van der Waals surface area contributed by atoms with E-state index in [-0.39, 0.29) is 10.9 Å². The Bertz CT molecular complexity index is 1830. The predicted molar refractivity (Wildman–Crippen MR) is 179 cm³/mol. The molecule has 0 aliphatic carbocycles. The van der Waals surface area contributed by atoms with Gasteiger partial charge in [-0.15, -0.1) is 11.8 Å². The van der Waals surface area contributed by atoms with Gasteiger partial charge in [0.1, 0.15) is 34.9 Å². The van der Waals surface area contributed by atoms with E-state index in [9.17, 15) is 24.0 Å². The molecule has 1 aromatic heterocycles. The number of fused-ring (bicyclic) bond motifs is 2. The van der Waals surface area contributed by atoms with Gasteiger partial charge in [-0.05, 0) is 57.1 Å². The van der Waals surface area contributed by atoms with Crippen molar-refractivity contribution in [1.29, 1.82) is 0 Å². The van der Waals surface area contributed by atoms with Gasteiger partial charge >= 0.3 is 0 Å². The van der Waals surface area contributed by atoms with E-state index in [0.717, 1.165) is 13.1 Å². The minimum Gasteiger partial charge on any atom is -0.367 e. The number of likely N-dealkylation sites (N-methyl/N-ethyl adjacent to an activating group) is 1. The molecule has 3 aromatic rings. The molecule has 2 aromatic carbocycles. The van der Waals surface area contributed by atoms with Gasteiger partial charge in [-0.2, -0.15) is 0 Å². The van der Waals surface area contributed by atoms with E-state index in [1.165, 1.54) is 28.9 Å². The maximum atomic E-state index is 15.5. The van der Waals surface area contributed by atoms with Gasteiger partial charge < -0.3 is 29.9 Å². The first-order valence-corrected chi connectivity index (χ1v) is 16.7. The Labute approximate surface area is 280 Å².